The van der Waals surface area contributed by atoms with Gasteiger partial charge in [-0.2, -0.15) is 5.26 Å². The normalized spacial score (nSPS) is 9.76. The molecule has 0 aliphatic carbocycles. The quantitative estimate of drug-likeness (QED) is 0.619. The van der Waals surface area contributed by atoms with Gasteiger partial charge in [0.1, 0.15) is 25.4 Å². The van der Waals surface area contributed by atoms with Gasteiger partial charge in [-0.25, -0.2) is 4.79 Å². The number of para-hydroxylation sites is 1. The standard InChI is InChI=1S/C19H18N2O4/c1-14-4-2-3-5-17(14)24-12-13-25-19(23)15-6-8-16(9-7-15)21-18(22)10-11-20/h2-9H,10,12-13H2,1H3,(H,21,22). The molecule has 0 saturated heterocycles. The van der Waals surface area contributed by atoms with Crippen molar-refractivity contribution >= 4 is 17.6 Å². The number of carbonyl (C=O) groups is 2. The highest BCUT2D eigenvalue weighted by molar-refractivity contribution is 5.93. The van der Waals surface area contributed by atoms with E-state index >= 15 is 0 Å². The average Bonchev–Trinajstić information content (AvgIpc) is 2.61. The van der Waals surface area contributed by atoms with E-state index in [-0.39, 0.29) is 19.6 Å². The minimum Gasteiger partial charge on any atom is -0.490 e. The maximum atomic E-state index is 12.0. The highest BCUT2D eigenvalue weighted by atomic mass is 16.6. The second-order valence-corrected chi connectivity index (χ2v) is 5.21. The summed E-state index contributed by atoms with van der Waals surface area (Å²) >= 11 is 0. The molecule has 0 bridgehead atoms. The summed E-state index contributed by atoms with van der Waals surface area (Å²) in [6.07, 6.45) is -0.218. The summed E-state index contributed by atoms with van der Waals surface area (Å²) in [4.78, 5) is 23.3. The number of esters is 1. The molecule has 0 heterocycles. The Morgan fingerprint density at radius 1 is 1.08 bits per heavy atom. The average molecular weight is 338 g/mol. The molecule has 0 saturated carbocycles. The Bertz CT molecular complexity index is 779. The number of nitriles is 1. The van der Waals surface area contributed by atoms with Crippen LogP contribution >= 0.6 is 0 Å². The Kier molecular flexibility index (Phi) is 6.55. The highest BCUT2D eigenvalue weighted by Crippen LogP contribution is 2.16. The molecule has 0 fully saturated rings. The molecule has 25 heavy (non-hydrogen) atoms. The number of rotatable bonds is 7. The van der Waals surface area contributed by atoms with E-state index in [1.54, 1.807) is 30.3 Å². The van der Waals surface area contributed by atoms with Crippen molar-refractivity contribution in [1.29, 1.82) is 5.26 Å². The zero-order valence-electron chi connectivity index (χ0n) is 13.8. The molecule has 0 unspecified atom stereocenters. The second-order valence-electron chi connectivity index (χ2n) is 5.21. The fourth-order valence-electron chi connectivity index (χ4n) is 2.05. The zero-order chi connectivity index (χ0) is 18.1. The van der Waals surface area contributed by atoms with Gasteiger partial charge in [-0.15, -0.1) is 0 Å². The predicted octanol–water partition coefficient (Wildman–Crippen LogP) is 3.08. The fraction of sp³-hybridized carbons (Fsp3) is 0.211. The van der Waals surface area contributed by atoms with Crippen LogP contribution in [0.3, 0.4) is 0 Å². The van der Waals surface area contributed by atoms with Gasteiger partial charge < -0.3 is 14.8 Å². The van der Waals surface area contributed by atoms with Gasteiger partial charge in [0.05, 0.1) is 11.6 Å². The van der Waals surface area contributed by atoms with Gasteiger partial charge in [0.25, 0.3) is 0 Å². The molecule has 128 valence electrons. The molecule has 0 atom stereocenters. The largest absolute Gasteiger partial charge is 0.490 e. The number of amides is 1. The molecule has 0 spiro atoms. The van der Waals surface area contributed by atoms with Crippen molar-refractivity contribution in [2.45, 2.75) is 13.3 Å². The van der Waals surface area contributed by atoms with E-state index in [9.17, 15) is 9.59 Å². The molecular weight excluding hydrogens is 320 g/mol. The van der Waals surface area contributed by atoms with Crippen molar-refractivity contribution < 1.29 is 19.1 Å². The van der Waals surface area contributed by atoms with E-state index in [1.807, 2.05) is 31.2 Å². The van der Waals surface area contributed by atoms with Crippen molar-refractivity contribution in [3.8, 4) is 11.8 Å². The van der Waals surface area contributed by atoms with E-state index in [4.69, 9.17) is 14.7 Å². The first-order chi connectivity index (χ1) is 12.1. The maximum Gasteiger partial charge on any atom is 0.338 e. The fourth-order valence-corrected chi connectivity index (χ4v) is 2.05. The van der Waals surface area contributed by atoms with Gasteiger partial charge >= 0.3 is 5.97 Å². The van der Waals surface area contributed by atoms with Crippen LogP contribution in [0.15, 0.2) is 48.5 Å². The number of aryl methyl sites for hydroxylation is 1. The van der Waals surface area contributed by atoms with Crippen LogP contribution < -0.4 is 10.1 Å². The highest BCUT2D eigenvalue weighted by Gasteiger charge is 2.08. The monoisotopic (exact) mass is 338 g/mol. The lowest BCUT2D eigenvalue weighted by Gasteiger charge is -2.09. The third-order valence-corrected chi connectivity index (χ3v) is 3.31. The molecule has 0 radical (unpaired) electrons. The van der Waals surface area contributed by atoms with Crippen molar-refractivity contribution in [1.82, 2.24) is 0 Å². The summed E-state index contributed by atoms with van der Waals surface area (Å²) in [6, 6.07) is 15.6. The van der Waals surface area contributed by atoms with Crippen LogP contribution in [0.25, 0.3) is 0 Å². The van der Waals surface area contributed by atoms with E-state index < -0.39 is 11.9 Å². The number of anilines is 1. The molecule has 6 heteroatoms. The Hall–Kier alpha value is -3.33. The molecule has 0 aromatic heterocycles. The molecular formula is C19H18N2O4. The van der Waals surface area contributed by atoms with Crippen LogP contribution in [0.4, 0.5) is 5.69 Å². The van der Waals surface area contributed by atoms with Crippen LogP contribution in [0.1, 0.15) is 22.3 Å². The molecule has 2 aromatic carbocycles. The number of nitrogens with zero attached hydrogens (tertiary/aromatic N) is 1. The third kappa shape index (κ3) is 5.66. The zero-order valence-corrected chi connectivity index (χ0v) is 13.8. The molecule has 2 rings (SSSR count). The SMILES string of the molecule is Cc1ccccc1OCCOC(=O)c1ccc(NC(=O)CC#N)cc1. The van der Waals surface area contributed by atoms with Crippen molar-refractivity contribution in [3.05, 3.63) is 59.7 Å². The van der Waals surface area contributed by atoms with E-state index in [0.29, 0.717) is 11.3 Å². The number of hydrogen-bond acceptors (Lipinski definition) is 5. The van der Waals surface area contributed by atoms with Gasteiger partial charge in [0, 0.05) is 5.69 Å². The first kappa shape index (κ1) is 18.0. The smallest absolute Gasteiger partial charge is 0.338 e. The molecule has 0 aliphatic heterocycles. The van der Waals surface area contributed by atoms with Crippen molar-refractivity contribution in [2.75, 3.05) is 18.5 Å². The number of hydrogen-bond donors (Lipinski definition) is 1. The molecule has 6 nitrogen and oxygen atoms in total. The lowest BCUT2D eigenvalue weighted by atomic mass is 10.2. The number of benzene rings is 2. The second kappa shape index (κ2) is 9.08. The summed E-state index contributed by atoms with van der Waals surface area (Å²) in [6.45, 7) is 2.34. The van der Waals surface area contributed by atoms with Crippen LogP contribution in [-0.4, -0.2) is 25.1 Å². The number of carbonyl (C=O) groups excluding carboxylic acids is 2. The Morgan fingerprint density at radius 3 is 2.48 bits per heavy atom. The predicted molar refractivity (Wildman–Crippen MR) is 92.3 cm³/mol. The Morgan fingerprint density at radius 2 is 1.80 bits per heavy atom. The van der Waals surface area contributed by atoms with E-state index in [0.717, 1.165) is 11.3 Å². The summed E-state index contributed by atoms with van der Waals surface area (Å²) in [7, 11) is 0. The summed E-state index contributed by atoms with van der Waals surface area (Å²) in [5.41, 5.74) is 1.90. The Labute approximate surface area is 146 Å². The summed E-state index contributed by atoms with van der Waals surface area (Å²) in [5, 5.41) is 11.0. The lowest BCUT2D eigenvalue weighted by molar-refractivity contribution is -0.115. The van der Waals surface area contributed by atoms with Gasteiger partial charge in [-0.3, -0.25) is 4.79 Å². The Balaban J connectivity index is 1.78. The lowest BCUT2D eigenvalue weighted by Crippen LogP contribution is -2.13. The maximum absolute atomic E-state index is 12.0. The van der Waals surface area contributed by atoms with Crippen molar-refractivity contribution in [2.24, 2.45) is 0 Å². The first-order valence-corrected chi connectivity index (χ1v) is 7.72. The molecule has 0 aliphatic rings. The van der Waals surface area contributed by atoms with Gasteiger partial charge in [0.2, 0.25) is 5.91 Å². The van der Waals surface area contributed by atoms with Crippen LogP contribution in [0.2, 0.25) is 0 Å². The number of ether oxygens (including phenoxy) is 2. The molecule has 1 N–H and O–H groups in total. The molecule has 2 aromatic rings. The van der Waals surface area contributed by atoms with E-state index in [1.165, 1.54) is 0 Å². The number of nitrogens with one attached hydrogen (secondary N) is 1. The van der Waals surface area contributed by atoms with Gasteiger partial charge in [-0.1, -0.05) is 18.2 Å². The summed E-state index contributed by atoms with van der Waals surface area (Å²) < 4.78 is 10.7. The van der Waals surface area contributed by atoms with E-state index in [2.05, 4.69) is 5.32 Å². The van der Waals surface area contributed by atoms with Gasteiger partial charge in [-0.05, 0) is 42.8 Å². The molecule has 1 amide bonds. The van der Waals surface area contributed by atoms with Crippen LogP contribution in [-0.2, 0) is 9.53 Å². The van der Waals surface area contributed by atoms with Crippen molar-refractivity contribution in [3.63, 3.8) is 0 Å². The third-order valence-electron chi connectivity index (χ3n) is 3.31. The first-order valence-electron chi connectivity index (χ1n) is 7.72. The summed E-state index contributed by atoms with van der Waals surface area (Å²) in [5.74, 6) is -0.106. The van der Waals surface area contributed by atoms with Crippen LogP contribution in [0.5, 0.6) is 5.75 Å². The topological polar surface area (TPSA) is 88.4 Å². The van der Waals surface area contributed by atoms with Gasteiger partial charge in [0.15, 0.2) is 0 Å². The van der Waals surface area contributed by atoms with Crippen LogP contribution in [0, 0.1) is 18.3 Å². The minimum absolute atomic E-state index is 0.133. The minimum atomic E-state index is -0.469.